The van der Waals surface area contributed by atoms with Crippen LogP contribution in [0, 0.1) is 0 Å². The Bertz CT molecular complexity index is 1150. The summed E-state index contributed by atoms with van der Waals surface area (Å²) < 4.78 is 68.2. The maximum Gasteiger partial charge on any atom is 0.416 e. The molecule has 0 unspecified atom stereocenters. The minimum atomic E-state index is -4.63. The molecule has 0 aliphatic rings. The Morgan fingerprint density at radius 2 is 1.61 bits per heavy atom. The number of rotatable bonds is 8. The molecule has 0 atom stereocenters. The van der Waals surface area contributed by atoms with E-state index in [4.69, 9.17) is 27.9 Å². The molecule has 33 heavy (non-hydrogen) atoms. The van der Waals surface area contributed by atoms with Gasteiger partial charge in [0.1, 0.15) is 17.3 Å². The fraction of sp³-hybridized carbons (Fsp3) is 0.300. The smallest absolute Gasteiger partial charge is 0.416 e. The van der Waals surface area contributed by atoms with Crippen LogP contribution in [-0.2, 0) is 25.6 Å². The Morgan fingerprint density at radius 3 is 2.18 bits per heavy atom. The fourth-order valence-corrected chi connectivity index (χ4v) is 4.10. The molecule has 2 aromatic rings. The summed E-state index contributed by atoms with van der Waals surface area (Å²) >= 11 is 12.0. The van der Waals surface area contributed by atoms with Crippen LogP contribution in [0.4, 0.5) is 24.5 Å². The van der Waals surface area contributed by atoms with Crippen molar-refractivity contribution in [3.05, 3.63) is 52.0 Å². The number of nitrogens with one attached hydrogen (secondary N) is 2. The van der Waals surface area contributed by atoms with Gasteiger partial charge < -0.3 is 15.4 Å². The van der Waals surface area contributed by atoms with Crippen LogP contribution in [0.2, 0.25) is 10.0 Å². The normalized spacial score (nSPS) is 11.9. The van der Waals surface area contributed by atoms with Crippen molar-refractivity contribution >= 4 is 56.2 Å². The molecule has 180 valence electrons. The summed E-state index contributed by atoms with van der Waals surface area (Å²) in [4.78, 5) is 24.2. The Balaban J connectivity index is 2.03. The van der Waals surface area contributed by atoms with E-state index in [2.05, 4.69) is 10.6 Å². The van der Waals surface area contributed by atoms with Gasteiger partial charge in [-0.2, -0.15) is 13.2 Å². The lowest BCUT2D eigenvalue weighted by Gasteiger charge is -2.14. The monoisotopic (exact) mass is 526 g/mol. The van der Waals surface area contributed by atoms with Crippen molar-refractivity contribution in [1.29, 1.82) is 0 Å². The molecule has 0 saturated carbocycles. The molecule has 2 amide bonds. The van der Waals surface area contributed by atoms with Gasteiger partial charge in [0.15, 0.2) is 9.84 Å². The number of alkyl halides is 3. The largest absolute Gasteiger partial charge is 0.489 e. The predicted octanol–water partition coefficient (Wildman–Crippen LogP) is 4.79. The average molecular weight is 527 g/mol. The van der Waals surface area contributed by atoms with Crippen molar-refractivity contribution < 1.29 is 35.9 Å². The molecule has 0 fully saturated rings. The van der Waals surface area contributed by atoms with Crippen LogP contribution in [0.1, 0.15) is 19.4 Å². The quantitative estimate of drug-likeness (QED) is 0.514. The van der Waals surface area contributed by atoms with Crippen molar-refractivity contribution in [2.24, 2.45) is 0 Å². The van der Waals surface area contributed by atoms with Crippen molar-refractivity contribution in [3.8, 4) is 5.75 Å². The van der Waals surface area contributed by atoms with Crippen LogP contribution in [0.3, 0.4) is 0 Å². The van der Waals surface area contributed by atoms with E-state index in [1.54, 1.807) is 13.8 Å². The SMILES string of the molecule is CC(C)Oc1cc(NC(=O)CS(=O)(=O)CC(=O)Nc2cccc(C(F)(F)F)c2)c(Cl)cc1Cl. The van der Waals surface area contributed by atoms with Crippen molar-refractivity contribution in [2.75, 3.05) is 22.1 Å². The summed E-state index contributed by atoms with van der Waals surface area (Å²) in [6.45, 7) is 3.50. The van der Waals surface area contributed by atoms with Gasteiger partial charge >= 0.3 is 6.18 Å². The van der Waals surface area contributed by atoms with E-state index in [9.17, 15) is 31.2 Å². The van der Waals surface area contributed by atoms with Gasteiger partial charge in [-0.1, -0.05) is 29.3 Å². The second-order valence-corrected chi connectivity index (χ2v) is 10.0. The minimum absolute atomic E-state index is 0.0316. The first kappa shape index (κ1) is 26.7. The van der Waals surface area contributed by atoms with Gasteiger partial charge in [0.2, 0.25) is 11.8 Å². The highest BCUT2D eigenvalue weighted by Gasteiger charge is 2.30. The maximum atomic E-state index is 12.8. The number of carbonyl (C=O) groups excluding carboxylic acids is 2. The summed E-state index contributed by atoms with van der Waals surface area (Å²) in [6.07, 6.45) is -4.86. The number of amides is 2. The molecule has 0 saturated heterocycles. The lowest BCUT2D eigenvalue weighted by molar-refractivity contribution is -0.137. The Kier molecular flexibility index (Phi) is 8.61. The molecular formula is C20H19Cl2F3N2O5S. The molecule has 7 nitrogen and oxygen atoms in total. The highest BCUT2D eigenvalue weighted by Crippen LogP contribution is 2.35. The van der Waals surface area contributed by atoms with Gasteiger partial charge in [-0.25, -0.2) is 8.42 Å². The first-order valence-electron chi connectivity index (χ1n) is 9.29. The number of ether oxygens (including phenoxy) is 1. The highest BCUT2D eigenvalue weighted by atomic mass is 35.5. The number of carbonyl (C=O) groups is 2. The number of sulfone groups is 1. The predicted molar refractivity (Wildman–Crippen MR) is 120 cm³/mol. The van der Waals surface area contributed by atoms with Crippen LogP contribution < -0.4 is 15.4 Å². The molecule has 0 radical (unpaired) electrons. The van der Waals surface area contributed by atoms with Gasteiger partial charge in [0.05, 0.1) is 27.4 Å². The fourth-order valence-electron chi connectivity index (χ4n) is 2.58. The molecular weight excluding hydrogens is 508 g/mol. The van der Waals surface area contributed by atoms with E-state index < -0.39 is 44.9 Å². The molecule has 0 spiro atoms. The summed E-state index contributed by atoms with van der Waals surface area (Å²) in [5.41, 5.74) is -1.20. The van der Waals surface area contributed by atoms with Crippen molar-refractivity contribution in [3.63, 3.8) is 0 Å². The van der Waals surface area contributed by atoms with Crippen LogP contribution in [0.5, 0.6) is 5.75 Å². The average Bonchev–Trinajstić information content (AvgIpc) is 2.63. The Morgan fingerprint density at radius 1 is 1.00 bits per heavy atom. The first-order chi connectivity index (χ1) is 15.2. The zero-order valence-electron chi connectivity index (χ0n) is 17.3. The topological polar surface area (TPSA) is 102 Å². The number of benzene rings is 2. The third-order valence-corrected chi connectivity index (χ3v) is 5.85. The number of hydrogen-bond acceptors (Lipinski definition) is 5. The lowest BCUT2D eigenvalue weighted by atomic mass is 10.2. The summed E-state index contributed by atoms with van der Waals surface area (Å²) in [7, 11) is -4.26. The van der Waals surface area contributed by atoms with Gasteiger partial charge in [0.25, 0.3) is 0 Å². The lowest BCUT2D eigenvalue weighted by Crippen LogP contribution is -2.30. The third kappa shape index (κ3) is 8.41. The molecule has 0 aliphatic carbocycles. The maximum absolute atomic E-state index is 12.8. The number of halogens is 5. The molecule has 0 aliphatic heterocycles. The van der Waals surface area contributed by atoms with E-state index >= 15 is 0 Å². The summed E-state index contributed by atoms with van der Waals surface area (Å²) in [5, 5.41) is 4.60. The first-order valence-corrected chi connectivity index (χ1v) is 11.9. The Labute approximate surface area is 198 Å². The molecule has 0 heterocycles. The summed E-state index contributed by atoms with van der Waals surface area (Å²) in [6, 6.07) is 6.34. The number of hydrogen-bond donors (Lipinski definition) is 2. The van der Waals surface area contributed by atoms with E-state index in [1.165, 1.54) is 18.2 Å². The van der Waals surface area contributed by atoms with Gasteiger partial charge in [-0.05, 0) is 38.1 Å². The Hall–Kier alpha value is -2.50. The standard InChI is InChI=1S/C20H19Cl2F3N2O5S/c1-11(2)32-17-8-16(14(21)7-15(17)22)27-19(29)10-33(30,31)9-18(28)26-13-5-3-4-12(6-13)20(23,24)25/h3-8,11H,9-10H2,1-2H3,(H,26,28)(H,27,29). The van der Waals surface area contributed by atoms with Crippen molar-refractivity contribution in [1.82, 2.24) is 0 Å². The molecule has 2 aromatic carbocycles. The summed E-state index contributed by atoms with van der Waals surface area (Å²) in [5.74, 6) is -4.05. The second kappa shape index (κ2) is 10.6. The van der Waals surface area contributed by atoms with Crippen LogP contribution >= 0.6 is 23.2 Å². The zero-order valence-corrected chi connectivity index (χ0v) is 19.6. The van der Waals surface area contributed by atoms with E-state index in [0.29, 0.717) is 6.07 Å². The zero-order chi connectivity index (χ0) is 25.0. The van der Waals surface area contributed by atoms with E-state index in [0.717, 1.165) is 12.1 Å². The van der Waals surface area contributed by atoms with Gasteiger partial charge in [0, 0.05) is 11.8 Å². The van der Waals surface area contributed by atoms with Crippen LogP contribution in [0.25, 0.3) is 0 Å². The van der Waals surface area contributed by atoms with Crippen LogP contribution in [-0.4, -0.2) is 37.8 Å². The third-order valence-electron chi connectivity index (χ3n) is 3.83. The van der Waals surface area contributed by atoms with E-state index in [-0.39, 0.29) is 33.3 Å². The molecule has 13 heteroatoms. The highest BCUT2D eigenvalue weighted by molar-refractivity contribution is 7.92. The van der Waals surface area contributed by atoms with Crippen LogP contribution in [0.15, 0.2) is 36.4 Å². The molecule has 0 bridgehead atoms. The van der Waals surface area contributed by atoms with E-state index in [1.807, 2.05) is 0 Å². The molecule has 2 rings (SSSR count). The minimum Gasteiger partial charge on any atom is -0.489 e. The molecule has 2 N–H and O–H groups in total. The number of anilines is 2. The molecule has 0 aromatic heterocycles. The van der Waals surface area contributed by atoms with Gasteiger partial charge in [-0.15, -0.1) is 0 Å². The van der Waals surface area contributed by atoms with Crippen molar-refractivity contribution in [2.45, 2.75) is 26.1 Å². The second-order valence-electron chi connectivity index (χ2n) is 7.14. The van der Waals surface area contributed by atoms with Gasteiger partial charge in [-0.3, -0.25) is 9.59 Å².